The van der Waals surface area contributed by atoms with Crippen LogP contribution < -0.4 is 10.6 Å². The monoisotopic (exact) mass is 542 g/mol. The van der Waals surface area contributed by atoms with Gasteiger partial charge in [0.2, 0.25) is 0 Å². The number of H-pyrrole nitrogens is 2. The second kappa shape index (κ2) is 11.8. The summed E-state index contributed by atoms with van der Waals surface area (Å²) in [5, 5.41) is 7.05. The van der Waals surface area contributed by atoms with Crippen LogP contribution in [0, 0.1) is 11.8 Å². The molecule has 0 aliphatic rings. The minimum atomic E-state index is 0.421. The van der Waals surface area contributed by atoms with E-state index in [0.717, 1.165) is 62.9 Å². The molecule has 0 amide bonds. The summed E-state index contributed by atoms with van der Waals surface area (Å²) >= 11 is 1.24. The summed E-state index contributed by atoms with van der Waals surface area (Å²) in [4.78, 5) is 16.1. The van der Waals surface area contributed by atoms with Gasteiger partial charge in [-0.3, -0.25) is 0 Å². The first-order valence-electron chi connectivity index (χ1n) is 13.7. The van der Waals surface area contributed by atoms with Crippen molar-refractivity contribution in [2.45, 2.75) is 66.7 Å². The summed E-state index contributed by atoms with van der Waals surface area (Å²) in [6.07, 6.45) is 3.79. The minimum Gasteiger partial charge on any atom is -0.341 e. The fraction of sp³-hybridized carbons (Fsp3) is 0.400. The summed E-state index contributed by atoms with van der Waals surface area (Å²) in [7, 11) is 0. The van der Waals surface area contributed by atoms with E-state index in [1.165, 1.54) is 11.7 Å². The number of nitrogens with zero attached hydrogens (tertiary/aromatic N) is 4. The zero-order chi connectivity index (χ0) is 27.5. The van der Waals surface area contributed by atoms with Crippen molar-refractivity contribution in [2.24, 2.45) is 11.8 Å². The van der Waals surface area contributed by atoms with Gasteiger partial charge < -0.3 is 20.6 Å². The van der Waals surface area contributed by atoms with Crippen molar-refractivity contribution in [1.29, 1.82) is 0 Å². The highest BCUT2D eigenvalue weighted by atomic mass is 32.1. The summed E-state index contributed by atoms with van der Waals surface area (Å²) in [6, 6.07) is 13.6. The topological polar surface area (TPSA) is 107 Å². The van der Waals surface area contributed by atoms with E-state index in [4.69, 9.17) is 0 Å². The van der Waals surface area contributed by atoms with Crippen LogP contribution in [-0.4, -0.2) is 40.8 Å². The molecule has 2 atom stereocenters. The molecule has 5 aromatic rings. The van der Waals surface area contributed by atoms with Gasteiger partial charge in [0.15, 0.2) is 0 Å². The van der Waals surface area contributed by atoms with Crippen molar-refractivity contribution in [3.63, 3.8) is 0 Å². The van der Waals surface area contributed by atoms with Gasteiger partial charge in [0.25, 0.3) is 0 Å². The van der Waals surface area contributed by atoms with Crippen molar-refractivity contribution >= 4 is 22.8 Å². The van der Waals surface area contributed by atoms with Gasteiger partial charge in [-0.05, 0) is 42.9 Å². The second-order valence-electron chi connectivity index (χ2n) is 11.0. The molecule has 3 aromatic heterocycles. The van der Waals surface area contributed by atoms with E-state index < -0.39 is 0 Å². The Morgan fingerprint density at radius 3 is 1.72 bits per heavy atom. The summed E-state index contributed by atoms with van der Waals surface area (Å²) in [6.45, 7) is 14.7. The van der Waals surface area contributed by atoms with E-state index in [9.17, 15) is 0 Å². The highest BCUT2D eigenvalue weighted by Crippen LogP contribution is 2.34. The average molecular weight is 543 g/mol. The van der Waals surface area contributed by atoms with Crippen molar-refractivity contribution in [1.82, 2.24) is 39.3 Å². The van der Waals surface area contributed by atoms with Crippen LogP contribution in [0.4, 0.5) is 0 Å². The maximum absolute atomic E-state index is 4.66. The lowest BCUT2D eigenvalue weighted by molar-refractivity contribution is 0.422. The van der Waals surface area contributed by atoms with E-state index in [-0.39, 0.29) is 0 Å². The van der Waals surface area contributed by atoms with Gasteiger partial charge in [0.05, 0.1) is 48.6 Å². The summed E-state index contributed by atoms with van der Waals surface area (Å²) in [5.41, 5.74) is 8.05. The molecule has 0 aliphatic carbocycles. The molecule has 0 saturated carbocycles. The first-order valence-corrected chi connectivity index (χ1v) is 14.4. The molecular formula is C30H38N8S. The number of fused-ring (bicyclic) bond motifs is 1. The molecule has 1 unspecified atom stereocenters. The van der Waals surface area contributed by atoms with Crippen molar-refractivity contribution in [3.8, 4) is 33.6 Å². The average Bonchev–Trinajstić information content (AvgIpc) is 3.71. The van der Waals surface area contributed by atoms with E-state index in [0.29, 0.717) is 30.5 Å². The van der Waals surface area contributed by atoms with Crippen LogP contribution in [-0.2, 0) is 13.1 Å². The first kappa shape index (κ1) is 27.2. The maximum atomic E-state index is 4.66. The fourth-order valence-corrected chi connectivity index (χ4v) is 4.89. The second-order valence-corrected chi connectivity index (χ2v) is 11.5. The molecular weight excluding hydrogens is 504 g/mol. The van der Waals surface area contributed by atoms with Crippen LogP contribution in [0.5, 0.6) is 0 Å². The largest absolute Gasteiger partial charge is 0.341 e. The van der Waals surface area contributed by atoms with Gasteiger partial charge in [-0.15, -0.1) is 0 Å². The van der Waals surface area contributed by atoms with Crippen molar-refractivity contribution in [3.05, 3.63) is 60.4 Å². The smallest absolute Gasteiger partial charge is 0.120 e. The SMILES string of the molecule is CC(C)C(C)NCc1ncc(-c2ccc(-c3ccc(-c4cnc(CN[C@H](C)C(C)C)[nH]4)c4nsnc34)cc2)[nH]1. The Morgan fingerprint density at radius 1 is 0.641 bits per heavy atom. The fourth-order valence-electron chi connectivity index (χ4n) is 4.32. The molecule has 2 aromatic carbocycles. The van der Waals surface area contributed by atoms with Crippen LogP contribution in [0.25, 0.3) is 44.7 Å². The zero-order valence-corrected chi connectivity index (χ0v) is 24.4. The van der Waals surface area contributed by atoms with E-state index in [1.807, 2.05) is 12.4 Å². The Morgan fingerprint density at radius 2 is 1.13 bits per heavy atom. The number of aromatic nitrogens is 6. The number of aromatic amines is 2. The van der Waals surface area contributed by atoms with Crippen molar-refractivity contribution < 1.29 is 0 Å². The Bertz CT molecular complexity index is 1510. The van der Waals surface area contributed by atoms with Crippen LogP contribution in [0.1, 0.15) is 53.2 Å². The highest BCUT2D eigenvalue weighted by molar-refractivity contribution is 7.00. The lowest BCUT2D eigenvalue weighted by Crippen LogP contribution is -2.30. The molecule has 4 N–H and O–H groups in total. The third-order valence-corrected chi connectivity index (χ3v) is 8.18. The first-order chi connectivity index (χ1) is 18.8. The van der Waals surface area contributed by atoms with Crippen LogP contribution in [0.15, 0.2) is 48.8 Å². The standard InChI is InChI=1S/C30H38N8S/c1-17(2)19(5)31-15-27-33-13-25(35-27)22-9-7-21(8-10-22)23-11-12-24(30-29(23)37-39-38-30)26-14-34-28(36-26)16-32-20(6)18(3)4/h7-14,17-20,31-32H,15-16H2,1-6H3,(H,33,35)(H,34,36)/t19?,20-/m1/s1. The quantitative estimate of drug-likeness (QED) is 0.154. The third-order valence-electron chi connectivity index (χ3n) is 7.65. The normalized spacial score (nSPS) is 13.5. The van der Waals surface area contributed by atoms with Crippen LogP contribution in [0.3, 0.4) is 0 Å². The predicted molar refractivity (Wildman–Crippen MR) is 160 cm³/mol. The Kier molecular flexibility index (Phi) is 8.20. The van der Waals surface area contributed by atoms with E-state index >= 15 is 0 Å². The van der Waals surface area contributed by atoms with Crippen LogP contribution >= 0.6 is 11.7 Å². The van der Waals surface area contributed by atoms with Gasteiger partial charge in [-0.2, -0.15) is 8.75 Å². The number of nitrogens with one attached hydrogen (secondary N) is 4. The molecule has 3 heterocycles. The molecule has 0 spiro atoms. The Labute approximate surface area is 234 Å². The lowest BCUT2D eigenvalue weighted by Gasteiger charge is -2.16. The molecule has 0 saturated heterocycles. The molecule has 0 radical (unpaired) electrons. The number of rotatable bonds is 11. The maximum Gasteiger partial charge on any atom is 0.120 e. The van der Waals surface area contributed by atoms with E-state index in [2.05, 4.69) is 117 Å². The zero-order valence-electron chi connectivity index (χ0n) is 23.5. The van der Waals surface area contributed by atoms with Crippen molar-refractivity contribution in [2.75, 3.05) is 0 Å². The molecule has 8 nitrogen and oxygen atoms in total. The summed E-state index contributed by atoms with van der Waals surface area (Å²) < 4.78 is 9.30. The number of hydrogen-bond acceptors (Lipinski definition) is 7. The van der Waals surface area contributed by atoms with Crippen LogP contribution in [0.2, 0.25) is 0 Å². The van der Waals surface area contributed by atoms with E-state index in [1.54, 1.807) is 0 Å². The number of hydrogen-bond donors (Lipinski definition) is 4. The minimum absolute atomic E-state index is 0.421. The third kappa shape index (κ3) is 6.11. The Hall–Kier alpha value is -3.40. The summed E-state index contributed by atoms with van der Waals surface area (Å²) in [5.74, 6) is 3.01. The molecule has 9 heteroatoms. The van der Waals surface area contributed by atoms with Gasteiger partial charge in [-0.1, -0.05) is 58.0 Å². The van der Waals surface area contributed by atoms with Gasteiger partial charge in [0.1, 0.15) is 22.7 Å². The molecule has 39 heavy (non-hydrogen) atoms. The molecule has 204 valence electrons. The number of imidazole rings is 2. The molecule has 5 rings (SSSR count). The number of benzene rings is 2. The van der Waals surface area contributed by atoms with Gasteiger partial charge in [0, 0.05) is 23.2 Å². The molecule has 0 bridgehead atoms. The van der Waals surface area contributed by atoms with Gasteiger partial charge in [-0.25, -0.2) is 9.97 Å². The highest BCUT2D eigenvalue weighted by Gasteiger charge is 2.16. The Balaban J connectivity index is 1.33. The van der Waals surface area contributed by atoms with Gasteiger partial charge >= 0.3 is 0 Å². The molecule has 0 fully saturated rings. The predicted octanol–water partition coefficient (Wildman–Crippen LogP) is 6.41. The molecule has 0 aliphatic heterocycles. The lowest BCUT2D eigenvalue weighted by atomic mass is 9.99.